The minimum Gasteiger partial charge on any atom is -0.353 e. The minimum atomic E-state index is 0.0550. The van der Waals surface area contributed by atoms with E-state index in [2.05, 4.69) is 5.32 Å². The van der Waals surface area contributed by atoms with Gasteiger partial charge < -0.3 is 5.32 Å². The average Bonchev–Trinajstić information content (AvgIpc) is 3.15. The van der Waals surface area contributed by atoms with Gasteiger partial charge in [0.15, 0.2) is 0 Å². The third-order valence-corrected chi connectivity index (χ3v) is 6.59. The Labute approximate surface area is 155 Å². The number of nitrogens with zero attached hydrogens (tertiary/aromatic N) is 2. The second-order valence-electron chi connectivity index (χ2n) is 8.53. The monoisotopic (exact) mass is 357 g/mol. The van der Waals surface area contributed by atoms with Crippen molar-refractivity contribution >= 4 is 5.91 Å². The molecule has 3 aliphatic carbocycles. The van der Waals surface area contributed by atoms with E-state index < -0.39 is 0 Å². The molecule has 0 bridgehead atoms. The Morgan fingerprint density at radius 3 is 2.54 bits per heavy atom. The number of carbonyl (C=O) groups is 1. The van der Waals surface area contributed by atoms with Crippen molar-refractivity contribution in [2.75, 3.05) is 0 Å². The number of carbonyl (C=O) groups excluding carboxylic acids is 1. The first-order valence-corrected chi connectivity index (χ1v) is 10.6. The van der Waals surface area contributed by atoms with Crippen molar-refractivity contribution in [3.63, 3.8) is 0 Å². The molecular formula is C21H31N3O2. The summed E-state index contributed by atoms with van der Waals surface area (Å²) in [4.78, 5) is 24.7. The number of hydrogen-bond donors (Lipinski definition) is 1. The molecule has 0 spiro atoms. The van der Waals surface area contributed by atoms with Crippen LogP contribution < -0.4 is 10.9 Å². The Kier molecular flexibility index (Phi) is 5.41. The van der Waals surface area contributed by atoms with Gasteiger partial charge in [-0.05, 0) is 75.7 Å². The van der Waals surface area contributed by atoms with Crippen molar-refractivity contribution in [1.29, 1.82) is 0 Å². The van der Waals surface area contributed by atoms with Gasteiger partial charge in [-0.15, -0.1) is 0 Å². The van der Waals surface area contributed by atoms with Gasteiger partial charge in [-0.2, -0.15) is 5.10 Å². The zero-order chi connectivity index (χ0) is 17.9. The summed E-state index contributed by atoms with van der Waals surface area (Å²) in [5, 5.41) is 7.94. The Morgan fingerprint density at radius 2 is 1.77 bits per heavy atom. The fraction of sp³-hybridized carbons (Fsp3) is 0.762. The largest absolute Gasteiger partial charge is 0.353 e. The number of aromatic nitrogens is 2. The third kappa shape index (κ3) is 4.02. The van der Waals surface area contributed by atoms with Crippen molar-refractivity contribution in [2.45, 2.75) is 95.6 Å². The number of aryl methyl sites for hydroxylation is 2. The molecule has 3 aliphatic rings. The number of fused-ring (bicyclic) bond motifs is 1. The molecule has 4 rings (SSSR count). The summed E-state index contributed by atoms with van der Waals surface area (Å²) in [7, 11) is 0. The summed E-state index contributed by atoms with van der Waals surface area (Å²) in [6.45, 7) is 0. The summed E-state index contributed by atoms with van der Waals surface area (Å²) < 4.78 is 1.74. The van der Waals surface area contributed by atoms with E-state index in [1.807, 2.05) is 6.07 Å². The molecule has 1 aromatic heterocycles. The number of nitrogens with one attached hydrogen (secondary N) is 1. The van der Waals surface area contributed by atoms with Crippen molar-refractivity contribution in [2.24, 2.45) is 5.92 Å². The van der Waals surface area contributed by atoms with Crippen LogP contribution in [0.3, 0.4) is 0 Å². The van der Waals surface area contributed by atoms with Crippen LogP contribution >= 0.6 is 0 Å². The highest BCUT2D eigenvalue weighted by atomic mass is 16.1. The van der Waals surface area contributed by atoms with E-state index in [0.29, 0.717) is 12.3 Å². The zero-order valence-electron chi connectivity index (χ0n) is 15.7. The Morgan fingerprint density at radius 1 is 1.04 bits per heavy atom. The van der Waals surface area contributed by atoms with Crippen LogP contribution in [0, 0.1) is 5.92 Å². The molecule has 2 fully saturated rings. The standard InChI is InChI=1S/C21H31N3O2/c25-20(13-15-5-1-2-6-15)22-17-9-11-18(12-10-17)24-21(26)14-16-7-3-4-8-19(16)23-24/h14-15,17-18H,1-13H2,(H,22,25). The summed E-state index contributed by atoms with van der Waals surface area (Å²) in [6.07, 6.45) is 13.8. The summed E-state index contributed by atoms with van der Waals surface area (Å²) in [6, 6.07) is 2.28. The smallest absolute Gasteiger partial charge is 0.267 e. The molecule has 0 aliphatic heterocycles. The Hall–Kier alpha value is -1.65. The Balaban J connectivity index is 1.32. The van der Waals surface area contributed by atoms with Gasteiger partial charge in [0, 0.05) is 18.5 Å². The van der Waals surface area contributed by atoms with Crippen molar-refractivity contribution in [3.05, 3.63) is 27.7 Å². The second kappa shape index (κ2) is 7.93. The van der Waals surface area contributed by atoms with E-state index in [1.165, 1.54) is 38.5 Å². The quantitative estimate of drug-likeness (QED) is 0.899. The molecule has 1 amide bonds. The third-order valence-electron chi connectivity index (χ3n) is 6.59. The molecule has 1 N–H and O–H groups in total. The van der Waals surface area contributed by atoms with Gasteiger partial charge in [0.25, 0.3) is 5.56 Å². The van der Waals surface area contributed by atoms with E-state index in [0.717, 1.165) is 49.8 Å². The highest BCUT2D eigenvalue weighted by molar-refractivity contribution is 5.76. The normalized spacial score (nSPS) is 26.5. The molecular weight excluding hydrogens is 326 g/mol. The molecule has 1 aromatic rings. The fourth-order valence-electron chi connectivity index (χ4n) is 5.07. The Bertz CT molecular complexity index is 698. The lowest BCUT2D eigenvalue weighted by Crippen LogP contribution is -2.40. The lowest BCUT2D eigenvalue weighted by Gasteiger charge is -2.30. The maximum atomic E-state index is 12.5. The minimum absolute atomic E-state index is 0.0550. The molecule has 0 unspecified atom stereocenters. The SMILES string of the molecule is O=C(CC1CCCC1)NC1CCC(n2nc3c(cc2=O)CCCC3)CC1. The summed E-state index contributed by atoms with van der Waals surface area (Å²) in [5.74, 6) is 0.828. The zero-order valence-corrected chi connectivity index (χ0v) is 15.7. The van der Waals surface area contributed by atoms with E-state index in [-0.39, 0.29) is 23.6 Å². The molecule has 2 saturated carbocycles. The lowest BCUT2D eigenvalue weighted by atomic mass is 9.90. The first kappa shape index (κ1) is 17.7. The number of amides is 1. The van der Waals surface area contributed by atoms with E-state index in [1.54, 1.807) is 4.68 Å². The predicted octanol–water partition coefficient (Wildman–Crippen LogP) is 3.30. The van der Waals surface area contributed by atoms with Gasteiger partial charge in [-0.1, -0.05) is 12.8 Å². The van der Waals surface area contributed by atoms with Crippen molar-refractivity contribution in [3.8, 4) is 0 Å². The molecule has 5 nitrogen and oxygen atoms in total. The maximum absolute atomic E-state index is 12.5. The summed E-state index contributed by atoms with van der Waals surface area (Å²) >= 11 is 0. The van der Waals surface area contributed by atoms with Crippen molar-refractivity contribution < 1.29 is 4.79 Å². The van der Waals surface area contributed by atoms with Crippen LogP contribution in [-0.4, -0.2) is 21.7 Å². The first-order valence-electron chi connectivity index (χ1n) is 10.6. The topological polar surface area (TPSA) is 64.0 Å². The molecule has 142 valence electrons. The molecule has 1 heterocycles. The molecule has 0 atom stereocenters. The maximum Gasteiger partial charge on any atom is 0.267 e. The van der Waals surface area contributed by atoms with Crippen LogP contribution in [-0.2, 0) is 17.6 Å². The van der Waals surface area contributed by atoms with Gasteiger partial charge in [0.2, 0.25) is 5.91 Å². The highest BCUT2D eigenvalue weighted by Crippen LogP contribution is 2.30. The van der Waals surface area contributed by atoms with E-state index in [9.17, 15) is 9.59 Å². The number of hydrogen-bond acceptors (Lipinski definition) is 3. The fourth-order valence-corrected chi connectivity index (χ4v) is 5.07. The van der Waals surface area contributed by atoms with Crippen molar-refractivity contribution in [1.82, 2.24) is 15.1 Å². The van der Waals surface area contributed by atoms with Crippen LogP contribution in [0.15, 0.2) is 10.9 Å². The first-order chi connectivity index (χ1) is 12.7. The van der Waals surface area contributed by atoms with Gasteiger partial charge in [-0.25, -0.2) is 4.68 Å². The molecule has 26 heavy (non-hydrogen) atoms. The van der Waals surface area contributed by atoms with Crippen LogP contribution in [0.2, 0.25) is 0 Å². The summed E-state index contributed by atoms with van der Waals surface area (Å²) in [5.41, 5.74) is 2.34. The van der Waals surface area contributed by atoms with Gasteiger partial charge in [0.1, 0.15) is 0 Å². The van der Waals surface area contributed by atoms with Crippen LogP contribution in [0.1, 0.15) is 87.9 Å². The highest BCUT2D eigenvalue weighted by Gasteiger charge is 2.27. The molecule has 0 radical (unpaired) electrons. The van der Waals surface area contributed by atoms with Crippen LogP contribution in [0.5, 0.6) is 0 Å². The molecule has 5 heteroatoms. The van der Waals surface area contributed by atoms with Crippen LogP contribution in [0.4, 0.5) is 0 Å². The van der Waals surface area contributed by atoms with Gasteiger partial charge in [-0.3, -0.25) is 9.59 Å². The van der Waals surface area contributed by atoms with Crippen LogP contribution in [0.25, 0.3) is 0 Å². The van der Waals surface area contributed by atoms with E-state index in [4.69, 9.17) is 5.10 Å². The molecule has 0 aromatic carbocycles. The molecule has 0 saturated heterocycles. The second-order valence-corrected chi connectivity index (χ2v) is 8.53. The number of rotatable bonds is 4. The van der Waals surface area contributed by atoms with Gasteiger partial charge >= 0.3 is 0 Å². The lowest BCUT2D eigenvalue weighted by molar-refractivity contribution is -0.122. The average molecular weight is 357 g/mol. The predicted molar refractivity (Wildman–Crippen MR) is 101 cm³/mol. The van der Waals surface area contributed by atoms with Gasteiger partial charge in [0.05, 0.1) is 11.7 Å². The van der Waals surface area contributed by atoms with E-state index >= 15 is 0 Å².